The summed E-state index contributed by atoms with van der Waals surface area (Å²) in [5.74, 6) is -1.72. The summed E-state index contributed by atoms with van der Waals surface area (Å²) in [6, 6.07) is 0. The molecule has 1 amide bonds. The van der Waals surface area contributed by atoms with E-state index in [9.17, 15) is 14.7 Å². The molecule has 0 unspecified atom stereocenters. The van der Waals surface area contributed by atoms with Crippen molar-refractivity contribution >= 4 is 11.9 Å². The average molecular weight is 279 g/mol. The van der Waals surface area contributed by atoms with Crippen LogP contribution in [0.2, 0.25) is 0 Å². The fraction of sp³-hybridized carbons (Fsp3) is 0.750. The molecule has 1 aliphatic heterocycles. The summed E-state index contributed by atoms with van der Waals surface area (Å²) in [5.41, 5.74) is 0.249. The highest BCUT2D eigenvalue weighted by atomic mass is 16.4. The van der Waals surface area contributed by atoms with Gasteiger partial charge >= 0.3 is 5.97 Å². The van der Waals surface area contributed by atoms with E-state index in [1.807, 2.05) is 17.1 Å². The zero-order chi connectivity index (χ0) is 14.8. The summed E-state index contributed by atoms with van der Waals surface area (Å²) in [6.45, 7) is 5.94. The minimum atomic E-state index is -0.843. The summed E-state index contributed by atoms with van der Waals surface area (Å²) in [6.07, 6.45) is 8.09. The topological polar surface area (TPSA) is 57.6 Å². The molecule has 0 saturated carbocycles. The zero-order valence-electron chi connectivity index (χ0n) is 12.5. The monoisotopic (exact) mass is 279 g/mol. The van der Waals surface area contributed by atoms with Gasteiger partial charge in [0.2, 0.25) is 5.91 Å². The van der Waals surface area contributed by atoms with E-state index in [2.05, 4.69) is 13.8 Å². The Kier molecular flexibility index (Phi) is 4.51. The molecule has 0 aromatic rings. The first kappa shape index (κ1) is 15.1. The number of amides is 1. The number of carbonyl (C=O) groups is 2. The van der Waals surface area contributed by atoms with Crippen LogP contribution >= 0.6 is 0 Å². The van der Waals surface area contributed by atoms with Crippen LogP contribution in [0.1, 0.15) is 46.0 Å². The van der Waals surface area contributed by atoms with Crippen molar-refractivity contribution in [2.24, 2.45) is 17.3 Å². The van der Waals surface area contributed by atoms with Crippen molar-refractivity contribution in [1.29, 1.82) is 0 Å². The Labute approximate surface area is 120 Å². The van der Waals surface area contributed by atoms with Gasteiger partial charge in [0.25, 0.3) is 0 Å². The average Bonchev–Trinajstić information content (AvgIpc) is 2.91. The van der Waals surface area contributed by atoms with Crippen LogP contribution in [0.15, 0.2) is 12.2 Å². The lowest BCUT2D eigenvalue weighted by atomic mass is 9.81. The molecule has 1 fully saturated rings. The second-order valence-electron chi connectivity index (χ2n) is 6.21. The van der Waals surface area contributed by atoms with Gasteiger partial charge < -0.3 is 10.0 Å². The van der Waals surface area contributed by atoms with Crippen LogP contribution in [0, 0.1) is 17.3 Å². The lowest BCUT2D eigenvalue weighted by Gasteiger charge is -2.30. The van der Waals surface area contributed by atoms with Crippen molar-refractivity contribution in [1.82, 2.24) is 4.90 Å². The standard InChI is InChI=1S/C16H25NO3/c1-3-16(4-2)9-10-17(11-16)14(18)12-7-5-6-8-13(12)15(19)20/h5-6,12-13H,3-4,7-11H2,1-2H3,(H,19,20)/t12-,13+/m1/s1. The number of carbonyl (C=O) groups excluding carboxylic acids is 1. The molecule has 1 heterocycles. The van der Waals surface area contributed by atoms with Crippen molar-refractivity contribution in [3.63, 3.8) is 0 Å². The van der Waals surface area contributed by atoms with Crippen LogP contribution in [0.5, 0.6) is 0 Å². The second-order valence-corrected chi connectivity index (χ2v) is 6.21. The van der Waals surface area contributed by atoms with Crippen molar-refractivity contribution in [3.05, 3.63) is 12.2 Å². The highest BCUT2D eigenvalue weighted by Gasteiger charge is 2.42. The number of likely N-dealkylation sites (tertiary alicyclic amines) is 1. The molecule has 0 aromatic carbocycles. The Morgan fingerprint density at radius 2 is 1.80 bits per heavy atom. The van der Waals surface area contributed by atoms with Crippen molar-refractivity contribution in [3.8, 4) is 0 Å². The van der Waals surface area contributed by atoms with Gasteiger partial charge in [-0.25, -0.2) is 0 Å². The number of hydrogen-bond donors (Lipinski definition) is 1. The summed E-state index contributed by atoms with van der Waals surface area (Å²) in [5, 5.41) is 9.29. The van der Waals surface area contributed by atoms with Gasteiger partial charge in [-0.3, -0.25) is 9.59 Å². The SMILES string of the molecule is CCC1(CC)CCN(C(=O)[C@@H]2CC=CC[C@@H]2C(=O)O)C1. The van der Waals surface area contributed by atoms with Crippen LogP contribution in [0.4, 0.5) is 0 Å². The van der Waals surface area contributed by atoms with E-state index < -0.39 is 11.9 Å². The van der Waals surface area contributed by atoms with E-state index >= 15 is 0 Å². The van der Waals surface area contributed by atoms with E-state index in [1.54, 1.807) is 0 Å². The lowest BCUT2D eigenvalue weighted by Crippen LogP contribution is -2.41. The predicted molar refractivity (Wildman–Crippen MR) is 77.2 cm³/mol. The van der Waals surface area contributed by atoms with Gasteiger partial charge in [0, 0.05) is 13.1 Å². The number of aliphatic carboxylic acids is 1. The Morgan fingerprint density at radius 3 is 2.30 bits per heavy atom. The zero-order valence-corrected chi connectivity index (χ0v) is 12.5. The van der Waals surface area contributed by atoms with Gasteiger partial charge in [0.05, 0.1) is 11.8 Å². The summed E-state index contributed by atoms with van der Waals surface area (Å²) >= 11 is 0. The fourth-order valence-corrected chi connectivity index (χ4v) is 3.54. The number of allylic oxidation sites excluding steroid dienone is 2. The molecule has 2 aliphatic rings. The largest absolute Gasteiger partial charge is 0.481 e. The number of carboxylic acid groups (broad SMARTS) is 1. The third-order valence-corrected chi connectivity index (χ3v) is 5.32. The Hall–Kier alpha value is -1.32. The predicted octanol–water partition coefficient (Wildman–Crippen LogP) is 2.69. The van der Waals surface area contributed by atoms with Gasteiger partial charge in [-0.1, -0.05) is 26.0 Å². The smallest absolute Gasteiger partial charge is 0.307 e. The van der Waals surface area contributed by atoms with E-state index in [-0.39, 0.29) is 17.2 Å². The molecule has 4 heteroatoms. The van der Waals surface area contributed by atoms with Crippen LogP contribution in [-0.2, 0) is 9.59 Å². The molecule has 2 atom stereocenters. The van der Waals surface area contributed by atoms with Gasteiger partial charge in [0.15, 0.2) is 0 Å². The molecule has 0 aromatic heterocycles. The summed E-state index contributed by atoms with van der Waals surface area (Å²) in [7, 11) is 0. The third kappa shape index (κ3) is 2.74. The Balaban J connectivity index is 2.08. The molecule has 2 rings (SSSR count). The molecular formula is C16H25NO3. The molecule has 1 aliphatic carbocycles. The van der Waals surface area contributed by atoms with Crippen LogP contribution < -0.4 is 0 Å². The third-order valence-electron chi connectivity index (χ3n) is 5.32. The minimum absolute atomic E-state index is 0.0468. The normalized spacial score (nSPS) is 28.6. The number of rotatable bonds is 4. The van der Waals surface area contributed by atoms with Gasteiger partial charge in [-0.05, 0) is 37.5 Å². The first-order chi connectivity index (χ1) is 9.53. The summed E-state index contributed by atoms with van der Waals surface area (Å²) in [4.78, 5) is 25.9. The highest BCUT2D eigenvalue weighted by molar-refractivity contribution is 5.85. The summed E-state index contributed by atoms with van der Waals surface area (Å²) < 4.78 is 0. The maximum atomic E-state index is 12.7. The first-order valence-electron chi connectivity index (χ1n) is 7.69. The molecule has 1 saturated heterocycles. The van der Waals surface area contributed by atoms with Gasteiger partial charge in [-0.15, -0.1) is 0 Å². The van der Waals surface area contributed by atoms with E-state index in [0.29, 0.717) is 12.8 Å². The lowest BCUT2D eigenvalue weighted by molar-refractivity contribution is -0.150. The maximum absolute atomic E-state index is 12.7. The molecular weight excluding hydrogens is 254 g/mol. The number of nitrogens with zero attached hydrogens (tertiary/aromatic N) is 1. The van der Waals surface area contributed by atoms with E-state index in [1.165, 1.54) is 0 Å². The van der Waals surface area contributed by atoms with E-state index in [0.717, 1.165) is 32.4 Å². The maximum Gasteiger partial charge on any atom is 0.307 e. The molecule has 0 spiro atoms. The van der Waals surface area contributed by atoms with Crippen LogP contribution in [0.25, 0.3) is 0 Å². The molecule has 1 N–H and O–H groups in total. The molecule has 112 valence electrons. The van der Waals surface area contributed by atoms with Crippen molar-refractivity contribution < 1.29 is 14.7 Å². The second kappa shape index (κ2) is 5.98. The van der Waals surface area contributed by atoms with Gasteiger partial charge in [-0.2, -0.15) is 0 Å². The fourth-order valence-electron chi connectivity index (χ4n) is 3.54. The molecule has 20 heavy (non-hydrogen) atoms. The first-order valence-corrected chi connectivity index (χ1v) is 7.69. The van der Waals surface area contributed by atoms with Gasteiger partial charge in [0.1, 0.15) is 0 Å². The van der Waals surface area contributed by atoms with Crippen molar-refractivity contribution in [2.45, 2.75) is 46.0 Å². The number of carboxylic acids is 1. The quantitative estimate of drug-likeness (QED) is 0.805. The molecule has 0 radical (unpaired) electrons. The Bertz CT molecular complexity index is 412. The molecule has 0 bridgehead atoms. The van der Waals surface area contributed by atoms with Crippen LogP contribution in [-0.4, -0.2) is 35.0 Å². The number of hydrogen-bond acceptors (Lipinski definition) is 2. The minimum Gasteiger partial charge on any atom is -0.481 e. The highest BCUT2D eigenvalue weighted by Crippen LogP contribution is 2.38. The van der Waals surface area contributed by atoms with Crippen molar-refractivity contribution in [2.75, 3.05) is 13.1 Å². The van der Waals surface area contributed by atoms with E-state index in [4.69, 9.17) is 0 Å². The van der Waals surface area contributed by atoms with Crippen LogP contribution in [0.3, 0.4) is 0 Å². The molecule has 4 nitrogen and oxygen atoms in total. The Morgan fingerprint density at radius 1 is 1.20 bits per heavy atom.